The van der Waals surface area contributed by atoms with E-state index in [0.717, 1.165) is 28.3 Å². The molecule has 0 heterocycles. The molecule has 2 atom stereocenters. The van der Waals surface area contributed by atoms with Crippen LogP contribution in [0.2, 0.25) is 0 Å². The van der Waals surface area contributed by atoms with Crippen molar-refractivity contribution in [2.45, 2.75) is 24.5 Å². The molecule has 1 aliphatic carbocycles. The molecule has 0 spiro atoms. The summed E-state index contributed by atoms with van der Waals surface area (Å²) in [5.74, 6) is -2.64. The highest BCUT2D eigenvalue weighted by molar-refractivity contribution is 5.90. The van der Waals surface area contributed by atoms with Crippen LogP contribution < -0.4 is 5.32 Å². The third-order valence-corrected chi connectivity index (χ3v) is 6.00. The molecule has 0 fully saturated rings. The number of carboxylic acids is 1. The lowest BCUT2D eigenvalue weighted by atomic mass is 9.96. The number of carbonyl (C=O) groups is 2. The van der Waals surface area contributed by atoms with Crippen LogP contribution in [0, 0.1) is 5.82 Å². The quantitative estimate of drug-likeness (QED) is 0.402. The fraction of sp³-hybridized carbons (Fsp3) is 0.231. The lowest BCUT2D eigenvalue weighted by molar-refractivity contribution is 0.0125. The standard InChI is InChI=1S/C26H24FNO6/c27-21-11-5-10-19(23(21)25(31)32)24(30)22(29)12-13-28-26(33)34-14-20-17-8-3-1-6-15(17)16-7-2-4-9-18(16)20/h1-11,20,22,24,29-30H,12-14H2,(H,28,33)(H,31,32). The first-order chi connectivity index (χ1) is 16.4. The lowest BCUT2D eigenvalue weighted by Crippen LogP contribution is -2.31. The van der Waals surface area contributed by atoms with Crippen molar-refractivity contribution >= 4 is 12.1 Å². The normalized spacial score (nSPS) is 14.1. The number of aliphatic hydroxyl groups is 2. The number of carboxylic acid groups (broad SMARTS) is 1. The number of rotatable bonds is 8. The fourth-order valence-electron chi connectivity index (χ4n) is 4.35. The largest absolute Gasteiger partial charge is 0.478 e. The second-order valence-corrected chi connectivity index (χ2v) is 8.06. The van der Waals surface area contributed by atoms with Gasteiger partial charge in [-0.15, -0.1) is 0 Å². The van der Waals surface area contributed by atoms with E-state index in [9.17, 15) is 29.3 Å². The summed E-state index contributed by atoms with van der Waals surface area (Å²) >= 11 is 0. The van der Waals surface area contributed by atoms with Crippen LogP contribution in [-0.4, -0.2) is 46.6 Å². The molecule has 0 saturated carbocycles. The Morgan fingerprint density at radius 3 is 2.18 bits per heavy atom. The van der Waals surface area contributed by atoms with Crippen molar-refractivity contribution in [3.8, 4) is 11.1 Å². The molecule has 2 unspecified atom stereocenters. The van der Waals surface area contributed by atoms with Crippen LogP contribution in [0.5, 0.6) is 0 Å². The van der Waals surface area contributed by atoms with Gasteiger partial charge in [-0.3, -0.25) is 0 Å². The summed E-state index contributed by atoms with van der Waals surface area (Å²) < 4.78 is 19.2. The second kappa shape index (κ2) is 10.0. The van der Waals surface area contributed by atoms with Gasteiger partial charge in [0.05, 0.1) is 6.10 Å². The van der Waals surface area contributed by atoms with Crippen molar-refractivity contribution in [1.29, 1.82) is 0 Å². The van der Waals surface area contributed by atoms with Gasteiger partial charge in [-0.2, -0.15) is 0 Å². The first-order valence-corrected chi connectivity index (χ1v) is 10.8. The Bertz CT molecular complexity index is 1170. The molecule has 176 valence electrons. The summed E-state index contributed by atoms with van der Waals surface area (Å²) in [6.07, 6.45) is -3.83. The molecule has 0 saturated heterocycles. The minimum Gasteiger partial charge on any atom is -0.478 e. The smallest absolute Gasteiger partial charge is 0.407 e. The van der Waals surface area contributed by atoms with Crippen molar-refractivity contribution in [1.82, 2.24) is 5.32 Å². The molecule has 3 aromatic rings. The minimum absolute atomic E-state index is 0.0351. The highest BCUT2D eigenvalue weighted by Gasteiger charge is 2.29. The van der Waals surface area contributed by atoms with Gasteiger partial charge < -0.3 is 25.4 Å². The van der Waals surface area contributed by atoms with Gasteiger partial charge in [0.1, 0.15) is 24.1 Å². The molecular formula is C26H24FNO6. The molecule has 0 aromatic heterocycles. The zero-order valence-corrected chi connectivity index (χ0v) is 18.1. The lowest BCUT2D eigenvalue weighted by Gasteiger charge is -2.20. The molecule has 3 aromatic carbocycles. The summed E-state index contributed by atoms with van der Waals surface area (Å²) in [6.45, 7) is 0.100. The molecule has 1 amide bonds. The van der Waals surface area contributed by atoms with E-state index in [2.05, 4.69) is 5.32 Å². The summed E-state index contributed by atoms with van der Waals surface area (Å²) in [5, 5.41) is 32.3. The fourth-order valence-corrected chi connectivity index (χ4v) is 4.35. The van der Waals surface area contributed by atoms with Crippen LogP contribution in [0.4, 0.5) is 9.18 Å². The predicted octanol–water partition coefficient (Wildman–Crippen LogP) is 3.85. The van der Waals surface area contributed by atoms with E-state index in [1.165, 1.54) is 12.1 Å². The number of nitrogens with one attached hydrogen (secondary N) is 1. The van der Waals surface area contributed by atoms with E-state index in [1.807, 2.05) is 48.5 Å². The summed E-state index contributed by atoms with van der Waals surface area (Å²) in [5.41, 5.74) is 3.46. The third-order valence-electron chi connectivity index (χ3n) is 6.00. The number of hydrogen-bond acceptors (Lipinski definition) is 5. The minimum atomic E-state index is -1.63. The zero-order valence-electron chi connectivity index (χ0n) is 18.1. The number of aromatic carboxylic acids is 1. The van der Waals surface area contributed by atoms with Gasteiger partial charge >= 0.3 is 12.1 Å². The number of ether oxygens (including phenoxy) is 1. The first-order valence-electron chi connectivity index (χ1n) is 10.8. The maximum Gasteiger partial charge on any atom is 0.407 e. The van der Waals surface area contributed by atoms with Crippen molar-refractivity contribution in [2.75, 3.05) is 13.2 Å². The molecule has 4 rings (SSSR count). The Hall–Kier alpha value is -3.75. The maximum absolute atomic E-state index is 13.8. The first kappa shape index (κ1) is 23.4. The van der Waals surface area contributed by atoms with Gasteiger partial charge in [0.25, 0.3) is 0 Å². The average molecular weight is 465 g/mol. The number of alkyl carbamates (subject to hydrolysis) is 1. The SMILES string of the molecule is O=C(NCCC(O)C(O)c1cccc(F)c1C(=O)O)OCC1c2ccccc2-c2ccccc21. The Labute approximate surface area is 195 Å². The molecule has 8 heteroatoms. The van der Waals surface area contributed by atoms with Crippen LogP contribution in [-0.2, 0) is 4.74 Å². The van der Waals surface area contributed by atoms with E-state index in [4.69, 9.17) is 4.74 Å². The highest BCUT2D eigenvalue weighted by atomic mass is 19.1. The molecule has 0 bridgehead atoms. The van der Waals surface area contributed by atoms with E-state index in [-0.39, 0.29) is 31.1 Å². The molecule has 7 nitrogen and oxygen atoms in total. The highest BCUT2D eigenvalue weighted by Crippen LogP contribution is 2.44. The van der Waals surface area contributed by atoms with E-state index < -0.39 is 35.7 Å². The van der Waals surface area contributed by atoms with Gasteiger partial charge in [-0.25, -0.2) is 14.0 Å². The average Bonchev–Trinajstić information content (AvgIpc) is 3.15. The van der Waals surface area contributed by atoms with Crippen LogP contribution >= 0.6 is 0 Å². The second-order valence-electron chi connectivity index (χ2n) is 8.06. The van der Waals surface area contributed by atoms with Gasteiger partial charge in [0.2, 0.25) is 0 Å². The topological polar surface area (TPSA) is 116 Å². The van der Waals surface area contributed by atoms with Crippen molar-refractivity contribution in [2.24, 2.45) is 0 Å². The summed E-state index contributed by atoms with van der Waals surface area (Å²) in [4.78, 5) is 23.5. The van der Waals surface area contributed by atoms with E-state index in [0.29, 0.717) is 0 Å². The molecule has 0 radical (unpaired) electrons. The molecule has 0 aliphatic heterocycles. The number of benzene rings is 3. The predicted molar refractivity (Wildman–Crippen MR) is 122 cm³/mol. The molecule has 1 aliphatic rings. The van der Waals surface area contributed by atoms with Gasteiger partial charge in [-0.1, -0.05) is 60.7 Å². The van der Waals surface area contributed by atoms with E-state index in [1.54, 1.807) is 0 Å². The number of halogens is 1. The van der Waals surface area contributed by atoms with Crippen LogP contribution in [0.15, 0.2) is 66.7 Å². The van der Waals surface area contributed by atoms with Crippen molar-refractivity contribution in [3.63, 3.8) is 0 Å². The van der Waals surface area contributed by atoms with Crippen molar-refractivity contribution < 1.29 is 34.0 Å². The Morgan fingerprint density at radius 2 is 1.56 bits per heavy atom. The van der Waals surface area contributed by atoms with Gasteiger partial charge in [-0.05, 0) is 34.7 Å². The Balaban J connectivity index is 1.31. The number of amides is 1. The van der Waals surface area contributed by atoms with Gasteiger partial charge in [0, 0.05) is 18.0 Å². The van der Waals surface area contributed by atoms with Crippen molar-refractivity contribution in [3.05, 3.63) is 94.8 Å². The van der Waals surface area contributed by atoms with Crippen LogP contribution in [0.25, 0.3) is 11.1 Å². The van der Waals surface area contributed by atoms with E-state index >= 15 is 0 Å². The van der Waals surface area contributed by atoms with Crippen LogP contribution in [0.3, 0.4) is 0 Å². The van der Waals surface area contributed by atoms with Crippen LogP contribution in [0.1, 0.15) is 45.5 Å². The number of fused-ring (bicyclic) bond motifs is 3. The Kier molecular flexibility index (Phi) is 6.90. The number of aliphatic hydroxyl groups excluding tert-OH is 2. The Morgan fingerprint density at radius 1 is 0.941 bits per heavy atom. The third kappa shape index (κ3) is 4.64. The zero-order chi connectivity index (χ0) is 24.2. The summed E-state index contributed by atoms with van der Waals surface area (Å²) in [6, 6.07) is 19.4. The monoisotopic (exact) mass is 465 g/mol. The molecular weight excluding hydrogens is 441 g/mol. The molecule has 4 N–H and O–H groups in total. The number of hydrogen-bond donors (Lipinski definition) is 4. The van der Waals surface area contributed by atoms with Gasteiger partial charge in [0.15, 0.2) is 0 Å². The number of carbonyl (C=O) groups excluding carboxylic acids is 1. The summed E-state index contributed by atoms with van der Waals surface area (Å²) in [7, 11) is 0. The maximum atomic E-state index is 13.8. The molecule has 34 heavy (non-hydrogen) atoms.